The summed E-state index contributed by atoms with van der Waals surface area (Å²) in [5, 5.41) is 10.6. The second kappa shape index (κ2) is 9.30. The molecular formula is C18H26ClN5OS. The van der Waals surface area contributed by atoms with Crippen LogP contribution in [-0.4, -0.2) is 50.7 Å². The molecule has 0 saturated carbocycles. The van der Waals surface area contributed by atoms with Gasteiger partial charge in [-0.3, -0.25) is 19.4 Å². The van der Waals surface area contributed by atoms with Crippen LogP contribution in [0, 0.1) is 4.77 Å². The number of rotatable bonds is 8. The number of halogens is 1. The van der Waals surface area contributed by atoms with Crippen molar-refractivity contribution in [3.8, 4) is 11.4 Å². The van der Waals surface area contributed by atoms with Crippen LogP contribution in [0.1, 0.15) is 27.7 Å². The SMILES string of the molecule is CC(C)N(CCNC(=O)Cn1c(-c2ccc(Cl)cc2)n[nH]c1=S)C(C)C. The molecule has 1 amide bonds. The highest BCUT2D eigenvalue weighted by Crippen LogP contribution is 2.19. The van der Waals surface area contributed by atoms with Crippen LogP contribution in [0.5, 0.6) is 0 Å². The summed E-state index contributed by atoms with van der Waals surface area (Å²) in [6.07, 6.45) is 0. The standard InChI is InChI=1S/C18H26ClN5OS/c1-12(2)23(13(3)4)10-9-20-16(25)11-24-17(21-22-18(24)26)14-5-7-15(19)8-6-14/h5-8,12-13H,9-11H2,1-4H3,(H,20,25)(H,22,26). The molecule has 0 bridgehead atoms. The van der Waals surface area contributed by atoms with E-state index >= 15 is 0 Å². The molecule has 0 unspecified atom stereocenters. The van der Waals surface area contributed by atoms with Crippen LogP contribution in [0.15, 0.2) is 24.3 Å². The van der Waals surface area contributed by atoms with Crippen LogP contribution >= 0.6 is 23.8 Å². The van der Waals surface area contributed by atoms with E-state index in [9.17, 15) is 4.79 Å². The molecule has 0 spiro atoms. The van der Waals surface area contributed by atoms with Gasteiger partial charge in [-0.1, -0.05) is 11.6 Å². The molecule has 1 aromatic heterocycles. The average Bonchev–Trinajstić information content (AvgIpc) is 2.92. The van der Waals surface area contributed by atoms with Gasteiger partial charge in [-0.15, -0.1) is 0 Å². The summed E-state index contributed by atoms with van der Waals surface area (Å²) in [6.45, 7) is 10.2. The number of benzene rings is 1. The summed E-state index contributed by atoms with van der Waals surface area (Å²) in [4.78, 5) is 14.7. The van der Waals surface area contributed by atoms with Gasteiger partial charge in [-0.2, -0.15) is 5.10 Å². The molecule has 2 rings (SSSR count). The number of carbonyl (C=O) groups is 1. The maximum absolute atomic E-state index is 12.4. The van der Waals surface area contributed by atoms with Crippen molar-refractivity contribution < 1.29 is 4.79 Å². The van der Waals surface area contributed by atoms with Gasteiger partial charge >= 0.3 is 0 Å². The number of hydrogen-bond donors (Lipinski definition) is 2. The van der Waals surface area contributed by atoms with Crippen LogP contribution in [0.2, 0.25) is 5.02 Å². The molecule has 1 heterocycles. The number of carbonyl (C=O) groups excluding carboxylic acids is 1. The molecule has 0 atom stereocenters. The maximum atomic E-state index is 12.4. The molecule has 2 N–H and O–H groups in total. The van der Waals surface area contributed by atoms with Gasteiger partial charge in [0.25, 0.3) is 0 Å². The van der Waals surface area contributed by atoms with Gasteiger partial charge in [0, 0.05) is 35.8 Å². The van der Waals surface area contributed by atoms with Crippen LogP contribution in [0.3, 0.4) is 0 Å². The lowest BCUT2D eigenvalue weighted by atomic mass is 10.2. The Labute approximate surface area is 164 Å². The maximum Gasteiger partial charge on any atom is 0.240 e. The molecular weight excluding hydrogens is 370 g/mol. The van der Waals surface area contributed by atoms with Gasteiger partial charge in [-0.25, -0.2) is 0 Å². The fourth-order valence-corrected chi connectivity index (χ4v) is 3.24. The molecule has 0 fully saturated rings. The third kappa shape index (κ3) is 5.40. The highest BCUT2D eigenvalue weighted by atomic mass is 35.5. The summed E-state index contributed by atoms with van der Waals surface area (Å²) in [6, 6.07) is 8.14. The van der Waals surface area contributed by atoms with Crippen LogP contribution in [0.4, 0.5) is 0 Å². The van der Waals surface area contributed by atoms with Crippen molar-refractivity contribution in [3.05, 3.63) is 34.1 Å². The zero-order valence-corrected chi connectivity index (χ0v) is 17.2. The van der Waals surface area contributed by atoms with Gasteiger partial charge in [0.05, 0.1) is 0 Å². The topological polar surface area (TPSA) is 66.0 Å². The minimum atomic E-state index is -0.0924. The minimum Gasteiger partial charge on any atom is -0.353 e. The van der Waals surface area contributed by atoms with Crippen molar-refractivity contribution in [1.82, 2.24) is 25.0 Å². The van der Waals surface area contributed by atoms with Crippen LogP contribution in [0.25, 0.3) is 11.4 Å². The molecule has 0 aliphatic carbocycles. The normalized spacial score (nSPS) is 11.5. The second-order valence-electron chi connectivity index (χ2n) is 6.72. The second-order valence-corrected chi connectivity index (χ2v) is 7.54. The van der Waals surface area contributed by atoms with E-state index in [2.05, 4.69) is 48.1 Å². The monoisotopic (exact) mass is 395 g/mol. The number of aromatic amines is 1. The minimum absolute atomic E-state index is 0.0924. The Morgan fingerprint density at radius 2 is 1.88 bits per heavy atom. The lowest BCUT2D eigenvalue weighted by Crippen LogP contribution is -2.43. The van der Waals surface area contributed by atoms with Crippen molar-refractivity contribution >= 4 is 29.7 Å². The van der Waals surface area contributed by atoms with Crippen molar-refractivity contribution in [2.24, 2.45) is 0 Å². The van der Waals surface area contributed by atoms with Gasteiger partial charge in [0.15, 0.2) is 10.6 Å². The molecule has 1 aromatic carbocycles. The first kappa shape index (κ1) is 20.6. The first-order chi connectivity index (χ1) is 12.3. The number of aromatic nitrogens is 3. The quantitative estimate of drug-likeness (QED) is 0.671. The number of amides is 1. The highest BCUT2D eigenvalue weighted by Gasteiger charge is 2.15. The van der Waals surface area contributed by atoms with E-state index in [-0.39, 0.29) is 12.5 Å². The zero-order valence-electron chi connectivity index (χ0n) is 15.6. The van der Waals surface area contributed by atoms with E-state index in [4.69, 9.17) is 23.8 Å². The largest absolute Gasteiger partial charge is 0.353 e. The van der Waals surface area contributed by atoms with Gasteiger partial charge in [-0.05, 0) is 64.2 Å². The Bertz CT molecular complexity index is 774. The van der Waals surface area contributed by atoms with E-state index in [1.54, 1.807) is 16.7 Å². The number of nitrogens with zero attached hydrogens (tertiary/aromatic N) is 3. The molecule has 142 valence electrons. The van der Waals surface area contributed by atoms with E-state index in [0.29, 0.717) is 34.2 Å². The number of hydrogen-bond acceptors (Lipinski definition) is 4. The highest BCUT2D eigenvalue weighted by molar-refractivity contribution is 7.71. The van der Waals surface area contributed by atoms with Gasteiger partial charge in [0.1, 0.15) is 6.54 Å². The Balaban J connectivity index is 2.00. The fraction of sp³-hybridized carbons (Fsp3) is 0.500. The lowest BCUT2D eigenvalue weighted by Gasteiger charge is -2.30. The lowest BCUT2D eigenvalue weighted by molar-refractivity contribution is -0.121. The summed E-state index contributed by atoms with van der Waals surface area (Å²) in [5.41, 5.74) is 0.848. The smallest absolute Gasteiger partial charge is 0.240 e. The van der Waals surface area contributed by atoms with Crippen LogP contribution in [-0.2, 0) is 11.3 Å². The van der Waals surface area contributed by atoms with Crippen molar-refractivity contribution in [3.63, 3.8) is 0 Å². The Morgan fingerprint density at radius 3 is 2.46 bits per heavy atom. The molecule has 8 heteroatoms. The fourth-order valence-electron chi connectivity index (χ4n) is 2.92. The number of H-pyrrole nitrogens is 1. The Morgan fingerprint density at radius 1 is 1.27 bits per heavy atom. The zero-order chi connectivity index (χ0) is 19.3. The Hall–Kier alpha value is -1.70. The summed E-state index contributed by atoms with van der Waals surface area (Å²) >= 11 is 11.2. The molecule has 0 aliphatic rings. The average molecular weight is 396 g/mol. The van der Waals surface area contributed by atoms with E-state index < -0.39 is 0 Å². The molecule has 26 heavy (non-hydrogen) atoms. The number of nitrogens with one attached hydrogen (secondary N) is 2. The van der Waals surface area contributed by atoms with E-state index in [1.165, 1.54) is 0 Å². The molecule has 2 aromatic rings. The first-order valence-electron chi connectivity index (χ1n) is 8.73. The van der Waals surface area contributed by atoms with Gasteiger partial charge < -0.3 is 5.32 Å². The van der Waals surface area contributed by atoms with Crippen molar-refractivity contribution in [2.75, 3.05) is 13.1 Å². The summed E-state index contributed by atoms with van der Waals surface area (Å²) < 4.78 is 2.10. The molecule has 0 radical (unpaired) electrons. The third-order valence-electron chi connectivity index (χ3n) is 4.18. The molecule has 6 nitrogen and oxygen atoms in total. The first-order valence-corrected chi connectivity index (χ1v) is 9.51. The van der Waals surface area contributed by atoms with Gasteiger partial charge in [0.2, 0.25) is 5.91 Å². The predicted molar refractivity (Wildman–Crippen MR) is 108 cm³/mol. The van der Waals surface area contributed by atoms with E-state index in [0.717, 1.165) is 12.1 Å². The van der Waals surface area contributed by atoms with Crippen molar-refractivity contribution in [1.29, 1.82) is 0 Å². The summed E-state index contributed by atoms with van der Waals surface area (Å²) in [7, 11) is 0. The molecule has 0 saturated heterocycles. The van der Waals surface area contributed by atoms with Crippen molar-refractivity contribution in [2.45, 2.75) is 46.3 Å². The van der Waals surface area contributed by atoms with Crippen LogP contribution < -0.4 is 5.32 Å². The molecule has 0 aliphatic heterocycles. The Kier molecular flexibility index (Phi) is 7.37. The summed E-state index contributed by atoms with van der Waals surface area (Å²) in [5.74, 6) is 0.526. The predicted octanol–water partition coefficient (Wildman–Crippen LogP) is 3.50. The van der Waals surface area contributed by atoms with E-state index in [1.807, 2.05) is 12.1 Å². The third-order valence-corrected chi connectivity index (χ3v) is 4.74.